The highest BCUT2D eigenvalue weighted by Crippen LogP contribution is 2.24. The van der Waals surface area contributed by atoms with Gasteiger partial charge in [-0.1, -0.05) is 214 Å². The Balaban J connectivity index is 4.79. The van der Waals surface area contributed by atoms with E-state index >= 15 is 0 Å². The molecular weight excluding hydrogens is 835 g/mol. The van der Waals surface area contributed by atoms with Gasteiger partial charge in [0.2, 0.25) is 0 Å². The van der Waals surface area contributed by atoms with E-state index in [0.29, 0.717) is 12.5 Å². The summed E-state index contributed by atoms with van der Waals surface area (Å²) < 4.78 is 25.9. The number of aliphatic hydroxyl groups is 1. The molecule has 1 N–H and O–H groups in total. The monoisotopic (exact) mass is 954 g/mol. The zero-order valence-electron chi connectivity index (χ0n) is 45.9. The molecule has 0 amide bonds. The summed E-state index contributed by atoms with van der Waals surface area (Å²) in [6.07, 6.45) is 48.7. The van der Waals surface area contributed by atoms with Crippen molar-refractivity contribution in [3.05, 3.63) is 0 Å². The second kappa shape index (κ2) is 50.9. The minimum atomic E-state index is -2.34. The Morgan fingerprint density at radius 2 is 0.833 bits per heavy atom. The second-order valence-corrected chi connectivity index (χ2v) is 24.3. The molecule has 0 aliphatic carbocycles. The molecule has 8 heteroatoms. The van der Waals surface area contributed by atoms with Gasteiger partial charge in [-0.2, -0.15) is 0 Å². The first kappa shape index (κ1) is 65.5. The molecule has 0 rings (SSSR count). The average Bonchev–Trinajstić information content (AvgIpc) is 3.30. The van der Waals surface area contributed by atoms with Gasteiger partial charge >= 0.3 is 14.5 Å². The molecule has 3 unspecified atom stereocenters. The lowest BCUT2D eigenvalue weighted by Crippen LogP contribution is -2.41. The molecular formula is C58H119NO6Si. The summed E-state index contributed by atoms with van der Waals surface area (Å²) in [4.78, 5) is 15.7. The van der Waals surface area contributed by atoms with Gasteiger partial charge < -0.3 is 28.3 Å². The Bertz CT molecular complexity index is 970. The van der Waals surface area contributed by atoms with Crippen molar-refractivity contribution in [2.45, 2.75) is 311 Å². The van der Waals surface area contributed by atoms with Crippen LogP contribution in [0.3, 0.4) is 0 Å². The topological polar surface area (TPSA) is 77.5 Å². The highest BCUT2D eigenvalue weighted by atomic mass is 28.4. The van der Waals surface area contributed by atoms with Crippen LogP contribution in [0, 0.1) is 11.8 Å². The molecule has 0 saturated heterocycles. The van der Waals surface area contributed by atoms with E-state index in [9.17, 15) is 9.90 Å². The quantitative estimate of drug-likeness (QED) is 0.0282. The molecule has 7 nitrogen and oxygen atoms in total. The van der Waals surface area contributed by atoms with Crippen molar-refractivity contribution in [3.8, 4) is 0 Å². The van der Waals surface area contributed by atoms with Crippen LogP contribution in [0.25, 0.3) is 0 Å². The van der Waals surface area contributed by atoms with Crippen molar-refractivity contribution in [2.24, 2.45) is 11.8 Å². The van der Waals surface area contributed by atoms with Gasteiger partial charge in [0.05, 0.1) is 12.5 Å². The molecule has 0 saturated carbocycles. The van der Waals surface area contributed by atoms with Gasteiger partial charge in [0.15, 0.2) is 0 Å². The molecule has 0 bridgehead atoms. The number of carbonyl (C=O) groups excluding carboxylic acids is 1. The van der Waals surface area contributed by atoms with Crippen LogP contribution in [-0.4, -0.2) is 76.9 Å². The summed E-state index contributed by atoms with van der Waals surface area (Å²) in [5.41, 5.74) is 0. The first-order chi connectivity index (χ1) is 32.3. The number of rotatable bonds is 55. The fourth-order valence-electron chi connectivity index (χ4n) is 9.38. The summed E-state index contributed by atoms with van der Waals surface area (Å²) in [7, 11) is -2.34. The highest BCUT2D eigenvalue weighted by molar-refractivity contribution is 6.64. The van der Waals surface area contributed by atoms with Crippen molar-refractivity contribution in [1.29, 1.82) is 0 Å². The number of hydrogen-bond acceptors (Lipinski definition) is 7. The summed E-state index contributed by atoms with van der Waals surface area (Å²) in [5, 5.41) is 9.44. The van der Waals surface area contributed by atoms with Gasteiger partial charge in [-0.25, -0.2) is 0 Å². The molecule has 396 valence electrons. The maximum atomic E-state index is 13.1. The Hall–Kier alpha value is -0.513. The molecule has 0 aliphatic rings. The average molecular weight is 955 g/mol. The summed E-state index contributed by atoms with van der Waals surface area (Å²) >= 11 is 0. The van der Waals surface area contributed by atoms with Gasteiger partial charge in [-0.05, 0) is 116 Å². The fraction of sp³-hybridized carbons (Fsp3) is 0.983. The second-order valence-electron chi connectivity index (χ2n) is 21.0. The van der Waals surface area contributed by atoms with E-state index in [-0.39, 0.29) is 24.8 Å². The van der Waals surface area contributed by atoms with Crippen LogP contribution in [0.4, 0.5) is 0 Å². The molecule has 0 aromatic carbocycles. The standard InChI is InChI=1S/C58H119NO6Si/c1-8-13-18-23-26-33-44-55(43-32-21-16-11-4)54-64-66(6,7)65-57(47-36-25-20-15-10-3)62-52-41-30-28-37-48-59(50-39-40-51-60)49-38-29-31-42-53-63-58(61)56(45-34-22-17-12-5)46-35-27-24-19-14-9-2/h55-57,60H,8-54H2,1-7H3. The Morgan fingerprint density at radius 3 is 1.32 bits per heavy atom. The van der Waals surface area contributed by atoms with Crippen molar-refractivity contribution in [1.82, 2.24) is 4.90 Å². The zero-order valence-corrected chi connectivity index (χ0v) is 46.9. The number of hydrogen-bond donors (Lipinski definition) is 1. The maximum Gasteiger partial charge on any atom is 0.333 e. The normalized spacial score (nSPS) is 13.5. The van der Waals surface area contributed by atoms with Crippen molar-refractivity contribution < 1.29 is 28.2 Å². The molecule has 0 aromatic heterocycles. The first-order valence-electron chi connectivity index (χ1n) is 29.7. The van der Waals surface area contributed by atoms with Crippen LogP contribution < -0.4 is 0 Å². The number of carbonyl (C=O) groups is 1. The van der Waals surface area contributed by atoms with Gasteiger partial charge in [-0.3, -0.25) is 4.79 Å². The number of nitrogens with zero attached hydrogens (tertiary/aromatic N) is 1. The van der Waals surface area contributed by atoms with Crippen LogP contribution in [-0.2, 0) is 23.1 Å². The van der Waals surface area contributed by atoms with Crippen molar-refractivity contribution >= 4 is 14.5 Å². The van der Waals surface area contributed by atoms with Crippen LogP contribution in [0.1, 0.15) is 291 Å². The minimum absolute atomic E-state index is 0.0637. The Labute approximate surface area is 414 Å². The van der Waals surface area contributed by atoms with Crippen LogP contribution >= 0.6 is 0 Å². The smallest absolute Gasteiger partial charge is 0.333 e. The molecule has 0 aliphatic heterocycles. The third-order valence-electron chi connectivity index (χ3n) is 13.9. The largest absolute Gasteiger partial charge is 0.465 e. The minimum Gasteiger partial charge on any atom is -0.465 e. The fourth-order valence-corrected chi connectivity index (χ4v) is 10.9. The molecule has 0 radical (unpaired) electrons. The van der Waals surface area contributed by atoms with Gasteiger partial charge in [0.1, 0.15) is 6.29 Å². The Morgan fingerprint density at radius 1 is 0.455 bits per heavy atom. The van der Waals surface area contributed by atoms with E-state index in [4.69, 9.17) is 18.3 Å². The van der Waals surface area contributed by atoms with Crippen LogP contribution in [0.2, 0.25) is 13.1 Å². The van der Waals surface area contributed by atoms with E-state index in [1.54, 1.807) is 0 Å². The van der Waals surface area contributed by atoms with Crippen LogP contribution in [0.5, 0.6) is 0 Å². The summed E-state index contributed by atoms with van der Waals surface area (Å²) in [5.74, 6) is 0.803. The molecule has 66 heavy (non-hydrogen) atoms. The number of aliphatic hydroxyl groups excluding tert-OH is 1. The Kier molecular flexibility index (Phi) is 50.5. The highest BCUT2D eigenvalue weighted by Gasteiger charge is 2.30. The lowest BCUT2D eigenvalue weighted by molar-refractivity contribution is -0.149. The number of ether oxygens (including phenoxy) is 2. The van der Waals surface area contributed by atoms with Crippen molar-refractivity contribution in [2.75, 3.05) is 46.1 Å². The van der Waals surface area contributed by atoms with Gasteiger partial charge in [-0.15, -0.1) is 0 Å². The first-order valence-corrected chi connectivity index (χ1v) is 32.5. The summed E-state index contributed by atoms with van der Waals surface area (Å²) in [6, 6.07) is 0. The summed E-state index contributed by atoms with van der Waals surface area (Å²) in [6.45, 7) is 21.6. The van der Waals surface area contributed by atoms with Crippen LogP contribution in [0.15, 0.2) is 0 Å². The molecule has 0 heterocycles. The predicted molar refractivity (Wildman–Crippen MR) is 289 cm³/mol. The third-order valence-corrected chi connectivity index (χ3v) is 15.6. The third kappa shape index (κ3) is 44.7. The predicted octanol–water partition coefficient (Wildman–Crippen LogP) is 17.8. The van der Waals surface area contributed by atoms with Gasteiger partial charge in [0.25, 0.3) is 0 Å². The van der Waals surface area contributed by atoms with E-state index in [1.165, 1.54) is 186 Å². The zero-order chi connectivity index (χ0) is 48.4. The number of esters is 1. The van der Waals surface area contributed by atoms with Crippen molar-refractivity contribution in [3.63, 3.8) is 0 Å². The van der Waals surface area contributed by atoms with Gasteiger partial charge in [0, 0.05) is 19.8 Å². The van der Waals surface area contributed by atoms with E-state index in [1.807, 2.05) is 0 Å². The maximum absolute atomic E-state index is 13.1. The van der Waals surface area contributed by atoms with E-state index in [2.05, 4.69) is 52.6 Å². The SMILES string of the molecule is CCCCCCCCC(CCCCCC)CO[Si](C)(C)OC(CCCCCCC)OCCCCCCN(CCCCO)CCCCCCOC(=O)C(CCCCCC)CCCCCCCC. The lowest BCUT2D eigenvalue weighted by Gasteiger charge is -2.31. The lowest BCUT2D eigenvalue weighted by atomic mass is 9.94. The van der Waals surface area contributed by atoms with E-state index in [0.717, 1.165) is 103 Å². The molecule has 0 aromatic rings. The molecule has 3 atom stereocenters. The number of unbranched alkanes of at least 4 members (excludes halogenated alkanes) is 27. The molecule has 0 fully saturated rings. The molecule has 0 spiro atoms. The van der Waals surface area contributed by atoms with E-state index < -0.39 is 8.56 Å².